The molecular weight excluding hydrogens is 349 g/mol. The van der Waals surface area contributed by atoms with Gasteiger partial charge < -0.3 is 9.73 Å². The van der Waals surface area contributed by atoms with Gasteiger partial charge in [0.1, 0.15) is 11.2 Å². The lowest BCUT2D eigenvalue weighted by atomic mass is 9.95. The first-order valence-electron chi connectivity index (χ1n) is 9.22. The Hall–Kier alpha value is -2.83. The Labute approximate surface area is 155 Å². The smallest absolute Gasteiger partial charge is 0.333 e. The van der Waals surface area contributed by atoms with Crippen molar-refractivity contribution in [1.82, 2.24) is 9.13 Å². The molecule has 0 aliphatic heterocycles. The molecule has 1 saturated carbocycles. The molecule has 1 fully saturated rings. The second-order valence-electron chi connectivity index (χ2n) is 7.18. The first kappa shape index (κ1) is 17.6. The Morgan fingerprint density at radius 2 is 1.70 bits per heavy atom. The molecule has 2 heterocycles. The van der Waals surface area contributed by atoms with Crippen LogP contribution in [0.2, 0.25) is 0 Å². The minimum atomic E-state index is -0.448. The third-order valence-electron chi connectivity index (χ3n) is 5.36. The van der Waals surface area contributed by atoms with Gasteiger partial charge in [-0.3, -0.25) is 13.9 Å². The highest BCUT2D eigenvalue weighted by Gasteiger charge is 2.25. The monoisotopic (exact) mass is 371 g/mol. The number of fused-ring (bicyclic) bond motifs is 1. The molecule has 1 aromatic carbocycles. The summed E-state index contributed by atoms with van der Waals surface area (Å²) in [5, 5.41) is 3.75. The third kappa shape index (κ3) is 2.97. The number of anilines is 1. The second-order valence-corrected chi connectivity index (χ2v) is 7.18. The van der Waals surface area contributed by atoms with Gasteiger partial charge in [0.05, 0.1) is 5.56 Å². The minimum Gasteiger partial charge on any atom is -0.423 e. The van der Waals surface area contributed by atoms with E-state index in [1.807, 2.05) is 0 Å². The molecule has 1 aliphatic carbocycles. The quantitative estimate of drug-likeness (QED) is 0.766. The van der Waals surface area contributed by atoms with Crippen molar-refractivity contribution in [3.05, 3.63) is 50.9 Å². The lowest BCUT2D eigenvalue weighted by Gasteiger charge is -2.23. The van der Waals surface area contributed by atoms with Crippen molar-refractivity contribution in [1.29, 1.82) is 0 Å². The summed E-state index contributed by atoms with van der Waals surface area (Å²) in [4.78, 5) is 25.1. The van der Waals surface area contributed by atoms with Crippen LogP contribution in [0.15, 0.2) is 38.3 Å². The second kappa shape index (κ2) is 6.72. The van der Waals surface area contributed by atoms with Crippen LogP contribution in [0.5, 0.6) is 0 Å². The van der Waals surface area contributed by atoms with Gasteiger partial charge in [-0.2, -0.15) is 0 Å². The van der Waals surface area contributed by atoms with Crippen molar-refractivity contribution >= 4 is 17.0 Å². The van der Waals surface area contributed by atoms with Gasteiger partial charge in [0.15, 0.2) is 0 Å². The number of benzene rings is 1. The van der Waals surface area contributed by atoms with E-state index in [9.17, 15) is 14.0 Å². The maximum Gasteiger partial charge on any atom is 0.333 e. The highest BCUT2D eigenvalue weighted by Crippen LogP contribution is 2.37. The van der Waals surface area contributed by atoms with Gasteiger partial charge in [0.25, 0.3) is 5.56 Å². The van der Waals surface area contributed by atoms with E-state index in [1.165, 1.54) is 30.2 Å². The highest BCUT2D eigenvalue weighted by molar-refractivity contribution is 5.98. The number of aromatic nitrogens is 2. The minimum absolute atomic E-state index is 0.223. The largest absolute Gasteiger partial charge is 0.423 e. The summed E-state index contributed by atoms with van der Waals surface area (Å²) in [6.07, 6.45) is 5.56. The van der Waals surface area contributed by atoms with E-state index < -0.39 is 11.2 Å². The van der Waals surface area contributed by atoms with E-state index in [4.69, 9.17) is 4.42 Å². The predicted octanol–water partition coefficient (Wildman–Crippen LogP) is 3.38. The van der Waals surface area contributed by atoms with Crippen molar-refractivity contribution in [3.8, 4) is 11.1 Å². The van der Waals surface area contributed by atoms with Crippen molar-refractivity contribution in [2.75, 3.05) is 5.32 Å². The molecule has 0 radical (unpaired) electrons. The molecular formula is C20H22FN3O3. The molecule has 0 saturated heterocycles. The molecule has 1 aliphatic rings. The molecule has 6 nitrogen and oxygen atoms in total. The number of aryl methyl sites for hydroxylation is 1. The molecule has 2 aromatic heterocycles. The maximum absolute atomic E-state index is 13.4. The van der Waals surface area contributed by atoms with Crippen LogP contribution in [-0.4, -0.2) is 15.2 Å². The zero-order valence-electron chi connectivity index (χ0n) is 15.4. The van der Waals surface area contributed by atoms with E-state index in [0.29, 0.717) is 22.4 Å². The van der Waals surface area contributed by atoms with E-state index in [0.717, 1.165) is 30.3 Å². The number of nitrogens with one attached hydrogen (secondary N) is 1. The van der Waals surface area contributed by atoms with Crippen LogP contribution in [0.4, 0.5) is 10.3 Å². The van der Waals surface area contributed by atoms with Gasteiger partial charge in [-0.1, -0.05) is 31.4 Å². The number of furan rings is 1. The van der Waals surface area contributed by atoms with E-state index in [1.54, 1.807) is 19.2 Å². The van der Waals surface area contributed by atoms with Gasteiger partial charge in [0.2, 0.25) is 11.6 Å². The molecule has 142 valence electrons. The number of rotatable bonds is 3. The molecule has 3 aromatic rings. The SMILES string of the molecule is Cn1c(=O)c2c(-c3ccc(F)cc3)c(NC3CCCCC3)oc2n(C)c1=O. The Kier molecular flexibility index (Phi) is 4.37. The zero-order valence-corrected chi connectivity index (χ0v) is 15.4. The van der Waals surface area contributed by atoms with Crippen LogP contribution in [0.25, 0.3) is 22.2 Å². The highest BCUT2D eigenvalue weighted by atomic mass is 19.1. The third-order valence-corrected chi connectivity index (χ3v) is 5.36. The fourth-order valence-corrected chi connectivity index (χ4v) is 3.85. The van der Waals surface area contributed by atoms with Crippen LogP contribution < -0.4 is 16.6 Å². The molecule has 0 spiro atoms. The number of hydrogen-bond donors (Lipinski definition) is 1. The molecule has 1 N–H and O–H groups in total. The van der Waals surface area contributed by atoms with Gasteiger partial charge in [-0.05, 0) is 30.5 Å². The van der Waals surface area contributed by atoms with Crippen molar-refractivity contribution in [3.63, 3.8) is 0 Å². The number of hydrogen-bond acceptors (Lipinski definition) is 4. The average molecular weight is 371 g/mol. The van der Waals surface area contributed by atoms with Crippen LogP contribution in [0, 0.1) is 5.82 Å². The summed E-state index contributed by atoms with van der Waals surface area (Å²) in [6.45, 7) is 0. The van der Waals surface area contributed by atoms with Crippen LogP contribution in [-0.2, 0) is 14.1 Å². The predicted molar refractivity (Wildman–Crippen MR) is 103 cm³/mol. The topological polar surface area (TPSA) is 69.2 Å². The van der Waals surface area contributed by atoms with Crippen molar-refractivity contribution in [2.24, 2.45) is 14.1 Å². The standard InChI is InChI=1S/C20H22FN3O3/c1-23-18(25)16-15(12-8-10-13(21)11-9-12)17(22-14-6-4-3-5-7-14)27-19(16)24(2)20(23)26/h8-11,14,22H,3-7H2,1-2H3. The Morgan fingerprint density at radius 1 is 1.04 bits per heavy atom. The lowest BCUT2D eigenvalue weighted by molar-refractivity contribution is 0.452. The van der Waals surface area contributed by atoms with Gasteiger partial charge >= 0.3 is 5.69 Å². The summed E-state index contributed by atoms with van der Waals surface area (Å²) in [6, 6.07) is 6.20. The van der Waals surface area contributed by atoms with Crippen molar-refractivity contribution < 1.29 is 8.81 Å². The van der Waals surface area contributed by atoms with Gasteiger partial charge in [0, 0.05) is 20.1 Å². The van der Waals surface area contributed by atoms with E-state index >= 15 is 0 Å². The zero-order chi connectivity index (χ0) is 19.1. The first-order valence-corrected chi connectivity index (χ1v) is 9.22. The summed E-state index contributed by atoms with van der Waals surface area (Å²) in [5.74, 6) is 0.107. The molecule has 0 amide bonds. The Morgan fingerprint density at radius 3 is 2.37 bits per heavy atom. The van der Waals surface area contributed by atoms with Crippen LogP contribution in [0.3, 0.4) is 0 Å². The number of halogens is 1. The molecule has 0 bridgehead atoms. The van der Waals surface area contributed by atoms with Gasteiger partial charge in [-0.15, -0.1) is 0 Å². The van der Waals surface area contributed by atoms with Gasteiger partial charge in [-0.25, -0.2) is 9.18 Å². The molecule has 0 unspecified atom stereocenters. The molecule has 0 atom stereocenters. The van der Waals surface area contributed by atoms with Crippen LogP contribution >= 0.6 is 0 Å². The average Bonchev–Trinajstić information content (AvgIpc) is 3.05. The fraction of sp³-hybridized carbons (Fsp3) is 0.400. The first-order chi connectivity index (χ1) is 13.0. The Balaban J connectivity index is 1.98. The summed E-state index contributed by atoms with van der Waals surface area (Å²) in [5.41, 5.74) is 0.598. The van der Waals surface area contributed by atoms with Crippen molar-refractivity contribution in [2.45, 2.75) is 38.1 Å². The molecule has 4 rings (SSSR count). The molecule has 7 heteroatoms. The maximum atomic E-state index is 13.4. The lowest BCUT2D eigenvalue weighted by Crippen LogP contribution is -2.36. The van der Waals surface area contributed by atoms with E-state index in [-0.39, 0.29) is 17.6 Å². The Bertz CT molecular complexity index is 1100. The van der Waals surface area contributed by atoms with Crippen LogP contribution in [0.1, 0.15) is 32.1 Å². The normalized spacial score (nSPS) is 15.4. The number of nitrogens with zero attached hydrogens (tertiary/aromatic N) is 2. The molecule has 27 heavy (non-hydrogen) atoms. The summed E-state index contributed by atoms with van der Waals surface area (Å²) >= 11 is 0. The summed E-state index contributed by atoms with van der Waals surface area (Å²) in [7, 11) is 3.02. The van der Waals surface area contributed by atoms with E-state index in [2.05, 4.69) is 5.32 Å². The summed E-state index contributed by atoms with van der Waals surface area (Å²) < 4.78 is 21.8. The fourth-order valence-electron chi connectivity index (χ4n) is 3.85.